The standard InChI is InChI=1S/C15H20N8O/c1-9(2)22-6-5-10(20-14(22)24)21-15(3,4)23-8-19-11-12(16)17-7-18-13(11)23/h5-9H,1-4H3,(H2,16,17,18)(H,20,21,24). The Kier molecular flexibility index (Phi) is 3.70. The van der Waals surface area contributed by atoms with E-state index in [0.717, 1.165) is 0 Å². The lowest BCUT2D eigenvalue weighted by Gasteiger charge is -2.28. The zero-order chi connectivity index (χ0) is 17.5. The molecule has 0 atom stereocenters. The molecule has 0 amide bonds. The minimum atomic E-state index is -0.626. The normalized spacial score (nSPS) is 12.0. The highest BCUT2D eigenvalue weighted by Gasteiger charge is 2.24. The zero-order valence-electron chi connectivity index (χ0n) is 14.1. The van der Waals surface area contributed by atoms with E-state index in [9.17, 15) is 4.79 Å². The molecule has 3 heterocycles. The van der Waals surface area contributed by atoms with Crippen LogP contribution in [0.3, 0.4) is 0 Å². The van der Waals surface area contributed by atoms with Crippen LogP contribution < -0.4 is 16.7 Å². The lowest BCUT2D eigenvalue weighted by molar-refractivity contribution is 0.419. The summed E-state index contributed by atoms with van der Waals surface area (Å²) in [5.74, 6) is 0.804. The summed E-state index contributed by atoms with van der Waals surface area (Å²) >= 11 is 0. The number of nitrogens with two attached hydrogens (primary N) is 1. The lowest BCUT2D eigenvalue weighted by atomic mass is 10.2. The maximum Gasteiger partial charge on any atom is 0.349 e. The van der Waals surface area contributed by atoms with Gasteiger partial charge in [-0.05, 0) is 33.8 Å². The summed E-state index contributed by atoms with van der Waals surface area (Å²) < 4.78 is 3.40. The van der Waals surface area contributed by atoms with Gasteiger partial charge in [-0.3, -0.25) is 9.13 Å². The molecule has 0 aliphatic heterocycles. The summed E-state index contributed by atoms with van der Waals surface area (Å²) in [6, 6.07) is 1.83. The van der Waals surface area contributed by atoms with Gasteiger partial charge < -0.3 is 11.1 Å². The quantitative estimate of drug-likeness (QED) is 0.742. The van der Waals surface area contributed by atoms with E-state index in [1.54, 1.807) is 23.2 Å². The van der Waals surface area contributed by atoms with Crippen molar-refractivity contribution in [2.75, 3.05) is 11.1 Å². The van der Waals surface area contributed by atoms with E-state index in [1.807, 2.05) is 32.3 Å². The second-order valence-corrected chi connectivity index (χ2v) is 6.33. The molecular formula is C15H20N8O. The Labute approximate surface area is 138 Å². The first-order valence-corrected chi connectivity index (χ1v) is 7.61. The molecule has 3 rings (SSSR count). The summed E-state index contributed by atoms with van der Waals surface area (Å²) in [7, 11) is 0. The van der Waals surface area contributed by atoms with E-state index in [4.69, 9.17) is 5.73 Å². The molecule has 3 N–H and O–H groups in total. The molecule has 0 unspecified atom stereocenters. The highest BCUT2D eigenvalue weighted by atomic mass is 16.1. The minimum Gasteiger partial charge on any atom is -0.382 e. The fraction of sp³-hybridized carbons (Fsp3) is 0.400. The molecule has 0 spiro atoms. The van der Waals surface area contributed by atoms with Crippen LogP contribution in [0.1, 0.15) is 33.7 Å². The Morgan fingerprint density at radius 1 is 1.25 bits per heavy atom. The molecule has 0 fully saturated rings. The third kappa shape index (κ3) is 2.68. The van der Waals surface area contributed by atoms with Crippen LogP contribution in [0, 0.1) is 0 Å². The summed E-state index contributed by atoms with van der Waals surface area (Å²) in [6.07, 6.45) is 4.76. The van der Waals surface area contributed by atoms with Crippen molar-refractivity contribution < 1.29 is 0 Å². The number of fused-ring (bicyclic) bond motifs is 1. The number of nitrogens with zero attached hydrogens (tertiary/aromatic N) is 6. The van der Waals surface area contributed by atoms with Gasteiger partial charge in [0.25, 0.3) is 0 Å². The molecule has 9 nitrogen and oxygen atoms in total. The highest BCUT2D eigenvalue weighted by molar-refractivity contribution is 5.81. The first-order valence-electron chi connectivity index (χ1n) is 7.61. The van der Waals surface area contributed by atoms with E-state index in [2.05, 4.69) is 25.3 Å². The molecule has 0 radical (unpaired) electrons. The maximum atomic E-state index is 12.1. The van der Waals surface area contributed by atoms with Crippen molar-refractivity contribution in [2.24, 2.45) is 0 Å². The van der Waals surface area contributed by atoms with Crippen molar-refractivity contribution in [3.05, 3.63) is 35.4 Å². The second kappa shape index (κ2) is 5.59. The molecule has 3 aromatic rings. The van der Waals surface area contributed by atoms with Crippen LogP contribution in [0.5, 0.6) is 0 Å². The summed E-state index contributed by atoms with van der Waals surface area (Å²) in [4.78, 5) is 28.6. The second-order valence-electron chi connectivity index (χ2n) is 6.33. The van der Waals surface area contributed by atoms with Crippen LogP contribution in [0.15, 0.2) is 29.7 Å². The average molecular weight is 328 g/mol. The summed E-state index contributed by atoms with van der Waals surface area (Å²) in [6.45, 7) is 7.73. The van der Waals surface area contributed by atoms with Gasteiger partial charge in [0.05, 0.1) is 6.33 Å². The number of hydrogen-bond acceptors (Lipinski definition) is 7. The van der Waals surface area contributed by atoms with Crippen molar-refractivity contribution in [3.63, 3.8) is 0 Å². The van der Waals surface area contributed by atoms with Gasteiger partial charge in [0.1, 0.15) is 23.3 Å². The first-order chi connectivity index (χ1) is 11.3. The Morgan fingerprint density at radius 2 is 2.00 bits per heavy atom. The predicted molar refractivity (Wildman–Crippen MR) is 91.6 cm³/mol. The minimum absolute atomic E-state index is 0.0596. The monoisotopic (exact) mass is 328 g/mol. The predicted octanol–water partition coefficient (Wildman–Crippen LogP) is 1.35. The first kappa shape index (κ1) is 15.9. The zero-order valence-corrected chi connectivity index (χ0v) is 14.1. The third-order valence-electron chi connectivity index (χ3n) is 3.78. The van der Waals surface area contributed by atoms with Crippen LogP contribution in [-0.2, 0) is 5.66 Å². The van der Waals surface area contributed by atoms with E-state index >= 15 is 0 Å². The van der Waals surface area contributed by atoms with Crippen molar-refractivity contribution in [2.45, 2.75) is 39.4 Å². The molecule has 126 valence electrons. The van der Waals surface area contributed by atoms with E-state index in [1.165, 1.54) is 6.33 Å². The topological polar surface area (TPSA) is 117 Å². The van der Waals surface area contributed by atoms with Crippen LogP contribution in [0.2, 0.25) is 0 Å². The molecule has 0 saturated heterocycles. The number of imidazole rings is 1. The van der Waals surface area contributed by atoms with Crippen molar-refractivity contribution in [1.82, 2.24) is 29.1 Å². The molecule has 9 heteroatoms. The smallest absolute Gasteiger partial charge is 0.349 e. The highest BCUT2D eigenvalue weighted by Crippen LogP contribution is 2.23. The van der Waals surface area contributed by atoms with Crippen molar-refractivity contribution in [1.29, 1.82) is 0 Å². The number of nitrogens with one attached hydrogen (secondary N) is 1. The number of nitrogen functional groups attached to an aromatic ring is 1. The average Bonchev–Trinajstić information content (AvgIpc) is 2.92. The van der Waals surface area contributed by atoms with Gasteiger partial charge in [-0.25, -0.2) is 19.7 Å². The number of hydrogen-bond donors (Lipinski definition) is 2. The van der Waals surface area contributed by atoms with Crippen LogP contribution in [0.25, 0.3) is 11.2 Å². The molecule has 3 aromatic heterocycles. The lowest BCUT2D eigenvalue weighted by Crippen LogP contribution is -2.36. The van der Waals surface area contributed by atoms with Gasteiger partial charge in [-0.2, -0.15) is 4.98 Å². The molecule has 0 aliphatic carbocycles. The molecule has 0 aliphatic rings. The fourth-order valence-electron chi connectivity index (χ4n) is 2.51. The van der Waals surface area contributed by atoms with Gasteiger partial charge in [0.2, 0.25) is 0 Å². The Hall–Kier alpha value is -2.97. The van der Waals surface area contributed by atoms with Gasteiger partial charge in [-0.1, -0.05) is 0 Å². The van der Waals surface area contributed by atoms with E-state index in [-0.39, 0.29) is 11.7 Å². The Bertz CT molecular complexity index is 940. The van der Waals surface area contributed by atoms with E-state index in [0.29, 0.717) is 22.8 Å². The van der Waals surface area contributed by atoms with Gasteiger partial charge in [-0.15, -0.1) is 0 Å². The van der Waals surface area contributed by atoms with Crippen LogP contribution in [0.4, 0.5) is 11.6 Å². The Morgan fingerprint density at radius 3 is 2.67 bits per heavy atom. The molecular weight excluding hydrogens is 308 g/mol. The number of rotatable bonds is 4. The SMILES string of the molecule is CC(C)n1ccc(NC(C)(C)n2cnc3c(N)ncnc32)nc1=O. The van der Waals surface area contributed by atoms with Crippen molar-refractivity contribution in [3.8, 4) is 0 Å². The Balaban J connectivity index is 1.97. The molecule has 0 bridgehead atoms. The van der Waals surface area contributed by atoms with Gasteiger partial charge in [0.15, 0.2) is 11.5 Å². The third-order valence-corrected chi connectivity index (χ3v) is 3.78. The van der Waals surface area contributed by atoms with E-state index < -0.39 is 5.66 Å². The summed E-state index contributed by atoms with van der Waals surface area (Å²) in [5, 5.41) is 3.24. The van der Waals surface area contributed by atoms with Crippen molar-refractivity contribution >= 4 is 22.8 Å². The molecule has 0 aromatic carbocycles. The largest absolute Gasteiger partial charge is 0.382 e. The van der Waals surface area contributed by atoms with Crippen LogP contribution >= 0.6 is 0 Å². The molecule has 24 heavy (non-hydrogen) atoms. The maximum absolute atomic E-state index is 12.1. The van der Waals surface area contributed by atoms with Crippen LogP contribution in [-0.4, -0.2) is 29.1 Å². The number of aromatic nitrogens is 6. The van der Waals surface area contributed by atoms with Gasteiger partial charge >= 0.3 is 5.69 Å². The fourth-order valence-corrected chi connectivity index (χ4v) is 2.51. The molecule has 0 saturated carbocycles. The summed E-state index contributed by atoms with van der Waals surface area (Å²) in [5.41, 5.74) is 6.05. The van der Waals surface area contributed by atoms with Gasteiger partial charge in [0, 0.05) is 12.2 Å². The number of anilines is 2.